The van der Waals surface area contributed by atoms with Crippen LogP contribution in [0, 0.1) is 13.8 Å². The number of fused-ring (bicyclic) bond motifs is 1. The van der Waals surface area contributed by atoms with E-state index in [1.54, 1.807) is 44.2 Å². The Morgan fingerprint density at radius 3 is 2.26 bits per heavy atom. The van der Waals surface area contributed by atoms with E-state index in [0.29, 0.717) is 5.69 Å². The number of ether oxygens (including phenoxy) is 2. The number of amides is 1. The smallest absolute Gasteiger partial charge is 0.459 e. The van der Waals surface area contributed by atoms with Crippen LogP contribution >= 0.6 is 0 Å². The Morgan fingerprint density at radius 1 is 0.963 bits per heavy atom. The zero-order valence-corrected chi connectivity index (χ0v) is 14.5. The second-order valence-electron chi connectivity index (χ2n) is 6.25. The molecule has 2 aromatic carbocycles. The van der Waals surface area contributed by atoms with Gasteiger partial charge in [0.25, 0.3) is 5.91 Å². The number of rotatable bonds is 3. The van der Waals surface area contributed by atoms with Crippen molar-refractivity contribution in [1.82, 2.24) is 0 Å². The van der Waals surface area contributed by atoms with Gasteiger partial charge in [-0.15, -0.1) is 8.78 Å². The molecule has 138 valence electrons. The molecule has 1 aromatic heterocycles. The first-order chi connectivity index (χ1) is 12.8. The zero-order valence-electron chi connectivity index (χ0n) is 14.5. The summed E-state index contributed by atoms with van der Waals surface area (Å²) in [5.74, 6) is -0.0800. The molecule has 1 amide bonds. The van der Waals surface area contributed by atoms with Crippen LogP contribution < -0.4 is 14.8 Å². The number of aryl methyl sites for hydroxylation is 2. The predicted molar refractivity (Wildman–Crippen MR) is 94.2 cm³/mol. The van der Waals surface area contributed by atoms with Crippen molar-refractivity contribution in [2.45, 2.75) is 20.1 Å². The van der Waals surface area contributed by atoms with Gasteiger partial charge in [0, 0.05) is 11.3 Å². The van der Waals surface area contributed by atoms with Crippen LogP contribution in [0.25, 0.3) is 11.1 Å². The Labute approximate surface area is 153 Å². The molecule has 0 bridgehead atoms. The molecule has 3 aromatic rings. The Morgan fingerprint density at radius 2 is 1.63 bits per heavy atom. The molecule has 0 saturated heterocycles. The number of halogens is 2. The van der Waals surface area contributed by atoms with Gasteiger partial charge in [0.2, 0.25) is 0 Å². The highest BCUT2D eigenvalue weighted by atomic mass is 19.3. The third-order valence-corrected chi connectivity index (χ3v) is 4.27. The normalized spacial score (nSPS) is 14.2. The third-order valence-electron chi connectivity index (χ3n) is 4.27. The number of hydrogen-bond donors (Lipinski definition) is 1. The van der Waals surface area contributed by atoms with E-state index in [0.717, 1.165) is 22.3 Å². The highest BCUT2D eigenvalue weighted by Gasteiger charge is 2.43. The molecular formula is C20H15F2NO4. The van der Waals surface area contributed by atoms with Crippen LogP contribution in [0.1, 0.15) is 21.7 Å². The van der Waals surface area contributed by atoms with Crippen molar-refractivity contribution in [2.24, 2.45) is 0 Å². The minimum Gasteiger partial charge on any atom is -0.459 e. The summed E-state index contributed by atoms with van der Waals surface area (Å²) in [7, 11) is 0. The summed E-state index contributed by atoms with van der Waals surface area (Å²) in [5.41, 5.74) is 3.62. The van der Waals surface area contributed by atoms with Crippen LogP contribution in [0.2, 0.25) is 0 Å². The fourth-order valence-corrected chi connectivity index (χ4v) is 2.94. The van der Waals surface area contributed by atoms with Crippen LogP contribution in [-0.2, 0) is 0 Å². The third kappa shape index (κ3) is 3.23. The van der Waals surface area contributed by atoms with E-state index in [9.17, 15) is 13.6 Å². The maximum absolute atomic E-state index is 13.2. The number of carbonyl (C=O) groups excluding carboxylic acids is 1. The summed E-state index contributed by atoms with van der Waals surface area (Å²) in [6.45, 7) is 3.58. The molecule has 0 atom stereocenters. The van der Waals surface area contributed by atoms with Crippen molar-refractivity contribution in [2.75, 3.05) is 5.32 Å². The van der Waals surface area contributed by atoms with E-state index in [1.807, 2.05) is 0 Å². The van der Waals surface area contributed by atoms with Crippen LogP contribution in [-0.4, -0.2) is 12.2 Å². The molecule has 0 aliphatic carbocycles. The van der Waals surface area contributed by atoms with Gasteiger partial charge in [-0.3, -0.25) is 4.79 Å². The first-order valence-electron chi connectivity index (χ1n) is 8.19. The second-order valence-corrected chi connectivity index (χ2v) is 6.25. The average molecular weight is 371 g/mol. The van der Waals surface area contributed by atoms with Crippen molar-refractivity contribution in [3.05, 3.63) is 65.6 Å². The quantitative estimate of drug-likeness (QED) is 0.693. The largest absolute Gasteiger partial charge is 0.586 e. The average Bonchev–Trinajstić information content (AvgIpc) is 3.16. The molecule has 2 heterocycles. The number of furan rings is 1. The van der Waals surface area contributed by atoms with Gasteiger partial charge in [-0.1, -0.05) is 12.1 Å². The number of carbonyl (C=O) groups is 1. The first-order valence-corrected chi connectivity index (χ1v) is 8.19. The van der Waals surface area contributed by atoms with E-state index in [2.05, 4.69) is 14.8 Å². The van der Waals surface area contributed by atoms with Gasteiger partial charge < -0.3 is 19.2 Å². The molecule has 7 heteroatoms. The number of nitrogens with one attached hydrogen (secondary N) is 1. The lowest BCUT2D eigenvalue weighted by molar-refractivity contribution is -0.286. The topological polar surface area (TPSA) is 60.7 Å². The molecule has 0 saturated carbocycles. The Kier molecular flexibility index (Phi) is 3.87. The molecular weight excluding hydrogens is 356 g/mol. The van der Waals surface area contributed by atoms with Gasteiger partial charge in [-0.05, 0) is 60.9 Å². The lowest BCUT2D eigenvalue weighted by atomic mass is 9.99. The number of alkyl halides is 2. The summed E-state index contributed by atoms with van der Waals surface area (Å²) >= 11 is 0. The molecule has 27 heavy (non-hydrogen) atoms. The summed E-state index contributed by atoms with van der Waals surface area (Å²) < 4.78 is 40.6. The molecule has 1 aliphatic rings. The van der Waals surface area contributed by atoms with E-state index in [4.69, 9.17) is 4.42 Å². The summed E-state index contributed by atoms with van der Waals surface area (Å²) in [6.07, 6.45) is -2.19. The van der Waals surface area contributed by atoms with E-state index in [-0.39, 0.29) is 23.2 Å². The Bertz CT molecular complexity index is 1020. The zero-order chi connectivity index (χ0) is 19.2. The van der Waals surface area contributed by atoms with Crippen molar-refractivity contribution < 1.29 is 27.5 Å². The minimum atomic E-state index is -3.65. The van der Waals surface area contributed by atoms with Gasteiger partial charge in [0.15, 0.2) is 17.3 Å². The molecule has 4 rings (SSSR count). The van der Waals surface area contributed by atoms with Gasteiger partial charge in [0.05, 0.1) is 6.26 Å². The van der Waals surface area contributed by atoms with Gasteiger partial charge in [-0.2, -0.15) is 0 Å². The van der Waals surface area contributed by atoms with Crippen molar-refractivity contribution in [3.63, 3.8) is 0 Å². The van der Waals surface area contributed by atoms with E-state index in [1.165, 1.54) is 18.4 Å². The second kappa shape index (κ2) is 6.12. The maximum atomic E-state index is 13.2. The first kappa shape index (κ1) is 17.1. The highest BCUT2D eigenvalue weighted by molar-refractivity contribution is 6.03. The minimum absolute atomic E-state index is 0.00808. The summed E-state index contributed by atoms with van der Waals surface area (Å²) in [5, 5.41) is 2.75. The number of anilines is 1. The molecule has 1 N–H and O–H groups in total. The summed E-state index contributed by atoms with van der Waals surface area (Å²) in [6, 6.07) is 11.8. The SMILES string of the molecule is Cc1cc2c(cc1-c1ccc(NC(=O)c3occc3C)cc1)OC(F)(F)O2. The predicted octanol–water partition coefficient (Wildman–Crippen LogP) is 5.14. The maximum Gasteiger partial charge on any atom is 0.586 e. The standard InChI is InChI=1S/C20H15F2NO4/c1-11-7-8-25-18(11)19(24)23-14-5-3-13(4-6-14)15-10-17-16(9-12(15)2)26-20(21,22)27-17/h3-10H,1-2H3,(H,23,24). The molecule has 0 spiro atoms. The lowest BCUT2D eigenvalue weighted by Crippen LogP contribution is -2.25. The van der Waals surface area contributed by atoms with Crippen LogP contribution in [0.5, 0.6) is 11.5 Å². The monoisotopic (exact) mass is 371 g/mol. The fourth-order valence-electron chi connectivity index (χ4n) is 2.94. The molecule has 1 aliphatic heterocycles. The molecule has 0 unspecified atom stereocenters. The summed E-state index contributed by atoms with van der Waals surface area (Å²) in [4.78, 5) is 12.2. The van der Waals surface area contributed by atoms with Crippen molar-refractivity contribution in [3.8, 4) is 22.6 Å². The lowest BCUT2D eigenvalue weighted by Gasteiger charge is -2.09. The Hall–Kier alpha value is -3.35. The molecule has 0 fully saturated rings. The van der Waals surface area contributed by atoms with E-state index >= 15 is 0 Å². The highest BCUT2D eigenvalue weighted by Crippen LogP contribution is 2.44. The number of hydrogen-bond acceptors (Lipinski definition) is 4. The van der Waals surface area contributed by atoms with Crippen molar-refractivity contribution in [1.29, 1.82) is 0 Å². The molecule has 5 nitrogen and oxygen atoms in total. The van der Waals surface area contributed by atoms with Crippen LogP contribution in [0.3, 0.4) is 0 Å². The van der Waals surface area contributed by atoms with Crippen LogP contribution in [0.4, 0.5) is 14.5 Å². The van der Waals surface area contributed by atoms with Crippen LogP contribution in [0.15, 0.2) is 53.1 Å². The Balaban J connectivity index is 1.57. The number of benzene rings is 2. The van der Waals surface area contributed by atoms with E-state index < -0.39 is 6.29 Å². The fraction of sp³-hybridized carbons (Fsp3) is 0.150. The van der Waals surface area contributed by atoms with Gasteiger partial charge >= 0.3 is 6.29 Å². The molecule has 0 radical (unpaired) electrons. The van der Waals surface area contributed by atoms with Gasteiger partial charge in [0.1, 0.15) is 0 Å². The van der Waals surface area contributed by atoms with Crippen molar-refractivity contribution >= 4 is 11.6 Å². The van der Waals surface area contributed by atoms with Gasteiger partial charge in [-0.25, -0.2) is 0 Å².